The maximum absolute atomic E-state index is 13.6. The lowest BCUT2D eigenvalue weighted by molar-refractivity contribution is -0.137. The first-order valence-corrected chi connectivity index (χ1v) is 6.08. The summed E-state index contributed by atoms with van der Waals surface area (Å²) >= 11 is 0. The third-order valence-electron chi connectivity index (χ3n) is 3.61. The Bertz CT molecular complexity index is 502. The Labute approximate surface area is 110 Å². The topological polar surface area (TPSA) is 46.5 Å². The van der Waals surface area contributed by atoms with E-state index in [0.29, 0.717) is 18.4 Å². The Morgan fingerprint density at radius 2 is 2.11 bits per heavy atom. The van der Waals surface area contributed by atoms with Crippen LogP contribution in [0, 0.1) is 0 Å². The molecule has 1 N–H and O–H groups in total. The van der Waals surface area contributed by atoms with E-state index in [1.165, 1.54) is 19.2 Å². The SMILES string of the molecule is COc1c(C(C)(F)F)cccc1C1(CC(=O)O)CC1. The van der Waals surface area contributed by atoms with E-state index in [2.05, 4.69) is 0 Å². The monoisotopic (exact) mass is 270 g/mol. The summed E-state index contributed by atoms with van der Waals surface area (Å²) in [5.74, 6) is -3.82. The van der Waals surface area contributed by atoms with Gasteiger partial charge in [0.15, 0.2) is 0 Å². The lowest BCUT2D eigenvalue weighted by atomic mass is 9.89. The first kappa shape index (κ1) is 13.8. The molecule has 1 fully saturated rings. The second-order valence-corrected chi connectivity index (χ2v) is 5.13. The van der Waals surface area contributed by atoms with E-state index >= 15 is 0 Å². The lowest BCUT2D eigenvalue weighted by Crippen LogP contribution is -2.17. The van der Waals surface area contributed by atoms with Crippen LogP contribution in [0.5, 0.6) is 5.75 Å². The standard InChI is InChI=1S/C14H16F2O3/c1-13(15,16)9-4-3-5-10(12(9)19-2)14(6-7-14)8-11(17)18/h3-5H,6-8H2,1-2H3,(H,17,18). The highest BCUT2D eigenvalue weighted by molar-refractivity contribution is 5.71. The summed E-state index contributed by atoms with van der Waals surface area (Å²) in [6, 6.07) is 4.54. The number of para-hydroxylation sites is 1. The summed E-state index contributed by atoms with van der Waals surface area (Å²) in [4.78, 5) is 10.9. The first-order valence-electron chi connectivity index (χ1n) is 6.08. The number of carboxylic acid groups (broad SMARTS) is 1. The van der Waals surface area contributed by atoms with E-state index < -0.39 is 17.3 Å². The molecular formula is C14H16F2O3. The smallest absolute Gasteiger partial charge is 0.304 e. The van der Waals surface area contributed by atoms with E-state index in [9.17, 15) is 13.6 Å². The Morgan fingerprint density at radius 1 is 1.47 bits per heavy atom. The number of alkyl halides is 2. The summed E-state index contributed by atoms with van der Waals surface area (Å²) in [6.45, 7) is 0.811. The number of benzene rings is 1. The predicted octanol–water partition coefficient (Wildman–Crippen LogP) is 3.31. The molecule has 1 saturated carbocycles. The fraction of sp³-hybridized carbons (Fsp3) is 0.500. The lowest BCUT2D eigenvalue weighted by Gasteiger charge is -2.22. The van der Waals surface area contributed by atoms with Gasteiger partial charge in [-0.3, -0.25) is 4.79 Å². The summed E-state index contributed by atoms with van der Waals surface area (Å²) in [5.41, 5.74) is -0.154. The Kier molecular flexibility index (Phi) is 3.24. The average Bonchev–Trinajstić information content (AvgIpc) is 3.06. The van der Waals surface area contributed by atoms with Crippen LogP contribution in [0.15, 0.2) is 18.2 Å². The van der Waals surface area contributed by atoms with Gasteiger partial charge in [-0.1, -0.05) is 12.1 Å². The first-order chi connectivity index (χ1) is 8.80. The summed E-state index contributed by atoms with van der Waals surface area (Å²) in [6.07, 6.45) is 1.32. The average molecular weight is 270 g/mol. The third-order valence-corrected chi connectivity index (χ3v) is 3.61. The van der Waals surface area contributed by atoms with Crippen LogP contribution in [0.3, 0.4) is 0 Å². The molecule has 0 atom stereocenters. The van der Waals surface area contributed by atoms with Crippen LogP contribution in [0.2, 0.25) is 0 Å². The van der Waals surface area contributed by atoms with Crippen molar-refractivity contribution < 1.29 is 23.4 Å². The van der Waals surface area contributed by atoms with Crippen molar-refractivity contribution in [1.82, 2.24) is 0 Å². The highest BCUT2D eigenvalue weighted by Crippen LogP contribution is 2.55. The third kappa shape index (κ3) is 2.55. The number of carbonyl (C=O) groups is 1. The van der Waals surface area contributed by atoms with Crippen molar-refractivity contribution in [3.63, 3.8) is 0 Å². The normalized spacial score (nSPS) is 17.1. The van der Waals surface area contributed by atoms with Crippen molar-refractivity contribution in [2.24, 2.45) is 0 Å². The maximum atomic E-state index is 13.6. The van der Waals surface area contributed by atoms with Gasteiger partial charge in [0.1, 0.15) is 5.75 Å². The molecular weight excluding hydrogens is 254 g/mol. The Hall–Kier alpha value is -1.65. The molecule has 1 aromatic rings. The van der Waals surface area contributed by atoms with Crippen molar-refractivity contribution in [1.29, 1.82) is 0 Å². The van der Waals surface area contributed by atoms with Crippen LogP contribution in [0.4, 0.5) is 8.78 Å². The predicted molar refractivity (Wildman–Crippen MR) is 65.7 cm³/mol. The molecule has 1 aliphatic carbocycles. The van der Waals surface area contributed by atoms with Crippen LogP contribution in [-0.2, 0) is 16.1 Å². The van der Waals surface area contributed by atoms with Crippen molar-refractivity contribution in [3.8, 4) is 5.75 Å². The quantitative estimate of drug-likeness (QED) is 0.892. The Balaban J connectivity index is 2.50. The minimum atomic E-state index is -3.01. The van der Waals surface area contributed by atoms with Crippen LogP contribution in [0.1, 0.15) is 37.3 Å². The molecule has 0 amide bonds. The number of hydrogen-bond donors (Lipinski definition) is 1. The molecule has 5 heteroatoms. The minimum Gasteiger partial charge on any atom is -0.496 e. The molecule has 0 radical (unpaired) electrons. The molecule has 3 nitrogen and oxygen atoms in total. The molecule has 0 bridgehead atoms. The van der Waals surface area contributed by atoms with Crippen molar-refractivity contribution >= 4 is 5.97 Å². The van der Waals surface area contributed by atoms with E-state index in [-0.39, 0.29) is 17.7 Å². The van der Waals surface area contributed by atoms with Gasteiger partial charge in [0.2, 0.25) is 0 Å². The number of rotatable bonds is 5. The molecule has 1 aliphatic rings. The summed E-state index contributed by atoms with van der Waals surface area (Å²) < 4.78 is 32.3. The van der Waals surface area contributed by atoms with Gasteiger partial charge < -0.3 is 9.84 Å². The molecule has 19 heavy (non-hydrogen) atoms. The zero-order chi connectivity index (χ0) is 14.3. The van der Waals surface area contributed by atoms with Gasteiger partial charge in [-0.2, -0.15) is 0 Å². The van der Waals surface area contributed by atoms with E-state index in [1.807, 2.05) is 0 Å². The highest BCUT2D eigenvalue weighted by Gasteiger charge is 2.48. The number of ether oxygens (including phenoxy) is 1. The molecule has 0 saturated heterocycles. The number of carboxylic acids is 1. The number of methoxy groups -OCH3 is 1. The second-order valence-electron chi connectivity index (χ2n) is 5.13. The molecule has 104 valence electrons. The maximum Gasteiger partial charge on any atom is 0.304 e. The number of halogens is 2. The fourth-order valence-corrected chi connectivity index (χ4v) is 2.50. The van der Waals surface area contributed by atoms with Gasteiger partial charge >= 0.3 is 5.97 Å². The summed E-state index contributed by atoms with van der Waals surface area (Å²) in [7, 11) is 1.34. The Morgan fingerprint density at radius 3 is 2.53 bits per heavy atom. The van der Waals surface area contributed by atoms with Gasteiger partial charge in [0.05, 0.1) is 19.1 Å². The number of hydrogen-bond acceptors (Lipinski definition) is 2. The van der Waals surface area contributed by atoms with E-state index in [4.69, 9.17) is 9.84 Å². The van der Waals surface area contributed by atoms with Gasteiger partial charge in [-0.05, 0) is 18.9 Å². The zero-order valence-corrected chi connectivity index (χ0v) is 10.9. The highest BCUT2D eigenvalue weighted by atomic mass is 19.3. The fourth-order valence-electron chi connectivity index (χ4n) is 2.50. The van der Waals surface area contributed by atoms with Gasteiger partial charge in [-0.15, -0.1) is 0 Å². The van der Waals surface area contributed by atoms with Gasteiger partial charge in [0, 0.05) is 17.9 Å². The van der Waals surface area contributed by atoms with Crippen molar-refractivity contribution in [2.45, 2.75) is 37.5 Å². The molecule has 0 aromatic heterocycles. The molecule has 0 spiro atoms. The van der Waals surface area contributed by atoms with Crippen molar-refractivity contribution in [2.75, 3.05) is 7.11 Å². The molecule has 0 heterocycles. The van der Waals surface area contributed by atoms with Crippen LogP contribution in [0.25, 0.3) is 0 Å². The zero-order valence-electron chi connectivity index (χ0n) is 10.9. The minimum absolute atomic E-state index is 0.0535. The number of aliphatic carboxylic acids is 1. The van der Waals surface area contributed by atoms with Gasteiger partial charge in [0.25, 0.3) is 5.92 Å². The van der Waals surface area contributed by atoms with Crippen LogP contribution >= 0.6 is 0 Å². The molecule has 0 unspecified atom stereocenters. The second kappa shape index (κ2) is 4.47. The summed E-state index contributed by atoms with van der Waals surface area (Å²) in [5, 5.41) is 8.95. The molecule has 2 rings (SSSR count). The van der Waals surface area contributed by atoms with Crippen molar-refractivity contribution in [3.05, 3.63) is 29.3 Å². The molecule has 1 aromatic carbocycles. The van der Waals surface area contributed by atoms with Crippen LogP contribution in [-0.4, -0.2) is 18.2 Å². The molecule has 0 aliphatic heterocycles. The van der Waals surface area contributed by atoms with E-state index in [1.54, 1.807) is 6.07 Å². The largest absolute Gasteiger partial charge is 0.496 e. The van der Waals surface area contributed by atoms with Gasteiger partial charge in [-0.25, -0.2) is 8.78 Å². The van der Waals surface area contributed by atoms with E-state index in [0.717, 1.165) is 6.92 Å². The van der Waals surface area contributed by atoms with Crippen LogP contribution < -0.4 is 4.74 Å².